The van der Waals surface area contributed by atoms with Gasteiger partial charge < -0.3 is 20.5 Å². The summed E-state index contributed by atoms with van der Waals surface area (Å²) in [6.45, 7) is 0. The molecule has 0 bridgehead atoms. The zero-order valence-electron chi connectivity index (χ0n) is 20.1. The molecule has 4 rings (SSSR count). The second-order valence-corrected chi connectivity index (χ2v) is 9.12. The van der Waals surface area contributed by atoms with Gasteiger partial charge in [0.1, 0.15) is 11.1 Å². The highest BCUT2D eigenvalue weighted by Gasteiger charge is 2.42. The summed E-state index contributed by atoms with van der Waals surface area (Å²) in [5.41, 5.74) is -1.94. The number of nitrogens with zero attached hydrogens (tertiary/aromatic N) is 2. The number of hydrogen-bond donors (Lipinski definition) is 3. The second kappa shape index (κ2) is 11.7. The van der Waals surface area contributed by atoms with Crippen molar-refractivity contribution in [3.8, 4) is 0 Å². The third-order valence-corrected chi connectivity index (χ3v) is 6.77. The fourth-order valence-corrected chi connectivity index (χ4v) is 4.76. The van der Waals surface area contributed by atoms with E-state index in [-0.39, 0.29) is 18.0 Å². The normalized spacial score (nSPS) is 18.3. The Morgan fingerprint density at radius 3 is 1.43 bits per heavy atom. The number of ether oxygens (including phenoxy) is 1. The van der Waals surface area contributed by atoms with Crippen LogP contribution in [0.5, 0.6) is 0 Å². The number of nitrogens with one attached hydrogen (secondary N) is 2. The fourth-order valence-electron chi connectivity index (χ4n) is 4.76. The maximum atomic E-state index is 12.0. The Labute approximate surface area is 204 Å². The molecular formula is C25H34N4O6. The highest BCUT2D eigenvalue weighted by Crippen LogP contribution is 2.30. The van der Waals surface area contributed by atoms with Gasteiger partial charge in [0.05, 0.1) is 7.11 Å². The van der Waals surface area contributed by atoms with E-state index in [0.29, 0.717) is 25.7 Å². The lowest BCUT2D eigenvalue weighted by molar-refractivity contribution is -0.149. The number of carboxylic acid groups (broad SMARTS) is 1. The molecule has 2 aromatic heterocycles. The summed E-state index contributed by atoms with van der Waals surface area (Å²) >= 11 is 0. The van der Waals surface area contributed by atoms with Gasteiger partial charge in [-0.05, 0) is 49.9 Å². The molecule has 0 radical (unpaired) electrons. The molecule has 3 N–H and O–H groups in total. The number of aliphatic carboxylic acids is 1. The molecule has 0 aromatic carbocycles. The minimum Gasteiger partial charge on any atom is -0.480 e. The number of carboxylic acids is 1. The van der Waals surface area contributed by atoms with Crippen LogP contribution in [0.1, 0.15) is 64.2 Å². The van der Waals surface area contributed by atoms with Crippen LogP contribution in [0.25, 0.3) is 0 Å². The van der Waals surface area contributed by atoms with Crippen molar-refractivity contribution in [3.05, 3.63) is 49.1 Å². The number of carbonyl (C=O) groups is 4. The van der Waals surface area contributed by atoms with Crippen molar-refractivity contribution in [2.45, 2.75) is 75.3 Å². The van der Waals surface area contributed by atoms with Crippen LogP contribution in [0, 0.1) is 0 Å². The van der Waals surface area contributed by atoms with E-state index in [1.165, 1.54) is 16.2 Å². The van der Waals surface area contributed by atoms with Crippen molar-refractivity contribution >= 4 is 24.0 Å². The van der Waals surface area contributed by atoms with Gasteiger partial charge in [0, 0.05) is 24.8 Å². The molecule has 2 aliphatic rings. The number of carbonyl (C=O) groups excluding carboxylic acids is 3. The average Bonchev–Trinajstić information content (AvgIpc) is 3.60. The summed E-state index contributed by atoms with van der Waals surface area (Å²) in [7, 11) is 1.36. The van der Waals surface area contributed by atoms with Crippen LogP contribution < -0.4 is 10.6 Å². The minimum atomic E-state index is -1.08. The molecule has 10 heteroatoms. The van der Waals surface area contributed by atoms with Gasteiger partial charge in [-0.1, -0.05) is 38.5 Å². The van der Waals surface area contributed by atoms with Crippen LogP contribution in [0.2, 0.25) is 0 Å². The quantitative estimate of drug-likeness (QED) is 0.564. The second-order valence-electron chi connectivity index (χ2n) is 9.12. The Hall–Kier alpha value is -3.56. The lowest BCUT2D eigenvalue weighted by Crippen LogP contribution is -2.56. The van der Waals surface area contributed by atoms with Crippen molar-refractivity contribution in [2.75, 3.05) is 7.11 Å². The van der Waals surface area contributed by atoms with Crippen LogP contribution >= 0.6 is 0 Å². The van der Waals surface area contributed by atoms with Crippen LogP contribution in [0.4, 0.5) is 9.59 Å². The summed E-state index contributed by atoms with van der Waals surface area (Å²) in [5.74, 6) is -1.28. The molecule has 10 nitrogen and oxygen atoms in total. The van der Waals surface area contributed by atoms with Crippen LogP contribution in [-0.2, 0) is 14.3 Å². The number of methoxy groups -OCH3 is 1. The zero-order chi connectivity index (χ0) is 25.3. The molecule has 2 fully saturated rings. The maximum absolute atomic E-state index is 12.0. The SMILES string of the molecule is COC(=O)C1(NC(=O)n2cccc2)CCCCC1.O=C(NC1(C(=O)O)CCCCC1)n1cccc1. The van der Waals surface area contributed by atoms with Gasteiger partial charge in [0.25, 0.3) is 0 Å². The van der Waals surface area contributed by atoms with Crippen LogP contribution in [0.3, 0.4) is 0 Å². The lowest BCUT2D eigenvalue weighted by atomic mass is 9.82. The van der Waals surface area contributed by atoms with E-state index in [2.05, 4.69) is 10.6 Å². The molecule has 0 saturated heterocycles. The number of aromatic nitrogens is 2. The number of hydrogen-bond acceptors (Lipinski definition) is 5. The molecule has 0 aliphatic heterocycles. The summed E-state index contributed by atoms with van der Waals surface area (Å²) in [4.78, 5) is 47.2. The van der Waals surface area contributed by atoms with Crippen molar-refractivity contribution in [3.63, 3.8) is 0 Å². The molecule has 2 amide bonds. The fraction of sp³-hybridized carbons (Fsp3) is 0.520. The number of esters is 1. The predicted molar refractivity (Wildman–Crippen MR) is 128 cm³/mol. The molecule has 190 valence electrons. The Bertz CT molecular complexity index is 987. The van der Waals surface area contributed by atoms with Crippen molar-refractivity contribution in [2.24, 2.45) is 0 Å². The van der Waals surface area contributed by atoms with Gasteiger partial charge in [-0.15, -0.1) is 0 Å². The monoisotopic (exact) mass is 486 g/mol. The van der Waals surface area contributed by atoms with E-state index >= 15 is 0 Å². The highest BCUT2D eigenvalue weighted by atomic mass is 16.5. The Morgan fingerprint density at radius 2 is 1.06 bits per heavy atom. The third-order valence-electron chi connectivity index (χ3n) is 6.77. The van der Waals surface area contributed by atoms with Gasteiger partial charge in [-0.3, -0.25) is 9.13 Å². The first-order valence-electron chi connectivity index (χ1n) is 12.0. The van der Waals surface area contributed by atoms with E-state index < -0.39 is 17.0 Å². The summed E-state index contributed by atoms with van der Waals surface area (Å²) in [5, 5.41) is 14.8. The van der Waals surface area contributed by atoms with E-state index in [0.717, 1.165) is 38.5 Å². The Morgan fingerprint density at radius 1 is 0.686 bits per heavy atom. The smallest absolute Gasteiger partial charge is 0.331 e. The maximum Gasteiger partial charge on any atom is 0.331 e. The standard InChI is InChI=1S/C13H18N2O3.C12H16N2O3/c1-18-11(16)13(7-3-2-4-8-13)14-12(17)15-9-5-6-10-15;15-10(16)12(6-2-1-3-7-12)13-11(17)14-8-4-5-9-14/h5-6,9-10H,2-4,7-8H2,1H3,(H,14,17);4-5,8-9H,1-3,6-7H2,(H,13,17)(H,15,16). The summed E-state index contributed by atoms with van der Waals surface area (Å²) < 4.78 is 7.64. The first kappa shape index (κ1) is 26.1. The molecule has 0 unspecified atom stereocenters. The lowest BCUT2D eigenvalue weighted by Gasteiger charge is -2.35. The minimum absolute atomic E-state index is 0.285. The summed E-state index contributed by atoms with van der Waals surface area (Å²) in [6, 6.07) is 6.34. The van der Waals surface area contributed by atoms with Crippen molar-refractivity contribution in [1.82, 2.24) is 19.8 Å². The van der Waals surface area contributed by atoms with E-state index in [1.807, 2.05) is 0 Å². The third kappa shape index (κ3) is 6.32. The van der Waals surface area contributed by atoms with Gasteiger partial charge in [0.15, 0.2) is 0 Å². The van der Waals surface area contributed by atoms with Gasteiger partial charge in [-0.25, -0.2) is 19.2 Å². The first-order chi connectivity index (χ1) is 16.8. The first-order valence-corrected chi connectivity index (χ1v) is 12.0. The van der Waals surface area contributed by atoms with Crippen molar-refractivity contribution < 1.29 is 29.0 Å². The Kier molecular flexibility index (Phi) is 8.73. The van der Waals surface area contributed by atoms with Crippen molar-refractivity contribution in [1.29, 1.82) is 0 Å². The number of rotatable bonds is 4. The van der Waals surface area contributed by atoms with E-state index in [9.17, 15) is 24.3 Å². The molecule has 2 saturated carbocycles. The molecular weight excluding hydrogens is 452 g/mol. The predicted octanol–water partition coefficient (Wildman–Crippen LogP) is 3.76. The Balaban J connectivity index is 0.000000196. The van der Waals surface area contributed by atoms with Gasteiger partial charge >= 0.3 is 24.0 Å². The molecule has 0 atom stereocenters. The molecule has 2 aliphatic carbocycles. The topological polar surface area (TPSA) is 132 Å². The van der Waals surface area contributed by atoms with E-state index in [1.54, 1.807) is 49.1 Å². The largest absolute Gasteiger partial charge is 0.480 e. The molecule has 2 aromatic rings. The van der Waals surface area contributed by atoms with Gasteiger partial charge in [-0.2, -0.15) is 0 Å². The van der Waals surface area contributed by atoms with Crippen LogP contribution in [-0.4, -0.2) is 56.4 Å². The molecule has 35 heavy (non-hydrogen) atoms. The molecule has 2 heterocycles. The van der Waals surface area contributed by atoms with Crippen LogP contribution in [0.15, 0.2) is 49.1 Å². The summed E-state index contributed by atoms with van der Waals surface area (Å²) in [6.07, 6.45) is 14.5. The van der Waals surface area contributed by atoms with Gasteiger partial charge in [0.2, 0.25) is 0 Å². The molecule has 0 spiro atoms. The van der Waals surface area contributed by atoms with E-state index in [4.69, 9.17) is 4.74 Å². The number of amides is 2. The average molecular weight is 487 g/mol. The zero-order valence-corrected chi connectivity index (χ0v) is 20.1. The highest BCUT2D eigenvalue weighted by molar-refractivity contribution is 5.88.